The molecule has 2 N–H and O–H groups in total. The Labute approximate surface area is 186 Å². The van der Waals surface area contributed by atoms with Crippen LogP contribution in [0.25, 0.3) is 10.9 Å². The lowest BCUT2D eigenvalue weighted by Crippen LogP contribution is -2.43. The number of ether oxygens (including phenoxy) is 1. The minimum absolute atomic E-state index is 0.137. The Kier molecular flexibility index (Phi) is 6.34. The van der Waals surface area contributed by atoms with Gasteiger partial charge in [0.05, 0.1) is 29.7 Å². The maximum absolute atomic E-state index is 13.0. The second-order valence-electron chi connectivity index (χ2n) is 7.68. The standard InChI is InChI=1S/C22H21F3N4O4/c23-22(24,25)16-6-4-14(5-7-16)19(28-8-10-33-11-9-28)13-26-21(30)17-12-15-2-1-3-18(29(31)32)20(15)27-17/h1-7,12,19,27H,8-11,13H2,(H,26,30). The van der Waals surface area contributed by atoms with Gasteiger partial charge in [-0.25, -0.2) is 0 Å². The number of hydrogen-bond acceptors (Lipinski definition) is 5. The van der Waals surface area contributed by atoms with Crippen molar-refractivity contribution in [2.24, 2.45) is 0 Å². The number of carbonyl (C=O) groups excluding carboxylic acids is 1. The molecule has 1 aliphatic heterocycles. The summed E-state index contributed by atoms with van der Waals surface area (Å²) in [5.74, 6) is -0.467. The van der Waals surface area contributed by atoms with Crippen LogP contribution in [0.1, 0.15) is 27.7 Å². The van der Waals surface area contributed by atoms with Gasteiger partial charge >= 0.3 is 6.18 Å². The molecule has 1 aromatic heterocycles. The van der Waals surface area contributed by atoms with Crippen LogP contribution in [0, 0.1) is 10.1 Å². The highest BCUT2D eigenvalue weighted by molar-refractivity contribution is 6.00. The first-order chi connectivity index (χ1) is 15.7. The zero-order valence-electron chi connectivity index (χ0n) is 17.4. The monoisotopic (exact) mass is 462 g/mol. The van der Waals surface area contributed by atoms with Gasteiger partial charge in [0.25, 0.3) is 11.6 Å². The fourth-order valence-corrected chi connectivity index (χ4v) is 3.94. The molecule has 3 aromatic rings. The molecule has 1 fully saturated rings. The largest absolute Gasteiger partial charge is 0.416 e. The molecule has 1 saturated heterocycles. The fraction of sp³-hybridized carbons (Fsp3) is 0.318. The average molecular weight is 462 g/mol. The Hall–Kier alpha value is -3.44. The summed E-state index contributed by atoms with van der Waals surface area (Å²) in [6.45, 7) is 2.25. The van der Waals surface area contributed by atoms with Gasteiger partial charge in [0.1, 0.15) is 11.2 Å². The number of halogens is 3. The van der Waals surface area contributed by atoms with Crippen LogP contribution in [-0.4, -0.2) is 53.6 Å². The molecule has 1 atom stereocenters. The molecule has 8 nitrogen and oxygen atoms in total. The third-order valence-electron chi connectivity index (χ3n) is 5.64. The van der Waals surface area contributed by atoms with Crippen molar-refractivity contribution in [1.29, 1.82) is 0 Å². The van der Waals surface area contributed by atoms with E-state index in [1.165, 1.54) is 30.3 Å². The van der Waals surface area contributed by atoms with Gasteiger partial charge < -0.3 is 15.0 Å². The van der Waals surface area contributed by atoms with Crippen LogP contribution in [0.3, 0.4) is 0 Å². The number of carbonyl (C=O) groups is 1. The van der Waals surface area contributed by atoms with E-state index in [0.717, 1.165) is 12.1 Å². The third kappa shape index (κ3) is 4.99. The van der Waals surface area contributed by atoms with Gasteiger partial charge in [0.15, 0.2) is 0 Å². The number of nitrogens with zero attached hydrogens (tertiary/aromatic N) is 2. The van der Waals surface area contributed by atoms with Crippen LogP contribution in [0.5, 0.6) is 0 Å². The highest BCUT2D eigenvalue weighted by Gasteiger charge is 2.31. The van der Waals surface area contributed by atoms with Crippen LogP contribution in [0.2, 0.25) is 0 Å². The van der Waals surface area contributed by atoms with Crippen LogP contribution in [0.4, 0.5) is 18.9 Å². The summed E-state index contributed by atoms with van der Waals surface area (Å²) < 4.78 is 44.2. The number of non-ortho nitro benzene ring substituents is 1. The van der Waals surface area contributed by atoms with E-state index in [2.05, 4.69) is 10.3 Å². The van der Waals surface area contributed by atoms with Crippen molar-refractivity contribution >= 4 is 22.5 Å². The van der Waals surface area contributed by atoms with Crippen molar-refractivity contribution in [3.8, 4) is 0 Å². The maximum Gasteiger partial charge on any atom is 0.416 e. The topological polar surface area (TPSA) is 100 Å². The van der Waals surface area contributed by atoms with Gasteiger partial charge in [-0.15, -0.1) is 0 Å². The summed E-state index contributed by atoms with van der Waals surface area (Å²) in [7, 11) is 0. The molecular formula is C22H21F3N4O4. The number of hydrogen-bond donors (Lipinski definition) is 2. The van der Waals surface area contributed by atoms with E-state index in [1.807, 2.05) is 4.90 Å². The van der Waals surface area contributed by atoms with E-state index in [0.29, 0.717) is 37.3 Å². The number of H-pyrrole nitrogens is 1. The quantitative estimate of drug-likeness (QED) is 0.428. The van der Waals surface area contributed by atoms with Crippen LogP contribution in [0.15, 0.2) is 48.5 Å². The summed E-state index contributed by atoms with van der Waals surface area (Å²) in [5, 5.41) is 14.6. The Morgan fingerprint density at radius 2 is 1.88 bits per heavy atom. The zero-order chi connectivity index (χ0) is 23.6. The molecule has 2 heterocycles. The van der Waals surface area contributed by atoms with Crippen molar-refractivity contribution < 1.29 is 27.6 Å². The van der Waals surface area contributed by atoms with Gasteiger partial charge in [-0.2, -0.15) is 13.2 Å². The summed E-state index contributed by atoms with van der Waals surface area (Å²) in [5.41, 5.74) is 0.170. The third-order valence-corrected chi connectivity index (χ3v) is 5.64. The lowest BCUT2D eigenvalue weighted by atomic mass is 10.0. The molecule has 0 spiro atoms. The minimum Gasteiger partial charge on any atom is -0.379 e. The number of amides is 1. The van der Waals surface area contributed by atoms with Gasteiger partial charge in [-0.05, 0) is 23.8 Å². The molecule has 1 unspecified atom stereocenters. The smallest absolute Gasteiger partial charge is 0.379 e. The Balaban J connectivity index is 1.54. The molecule has 0 radical (unpaired) electrons. The van der Waals surface area contributed by atoms with Gasteiger partial charge in [-0.3, -0.25) is 19.8 Å². The summed E-state index contributed by atoms with van der Waals surface area (Å²) in [6.07, 6.45) is -4.43. The molecule has 1 amide bonds. The van der Waals surface area contributed by atoms with E-state index in [1.54, 1.807) is 6.07 Å². The van der Waals surface area contributed by atoms with E-state index in [4.69, 9.17) is 4.74 Å². The molecule has 4 rings (SSSR count). The lowest BCUT2D eigenvalue weighted by Gasteiger charge is -2.35. The number of fused-ring (bicyclic) bond motifs is 1. The number of morpholine rings is 1. The Morgan fingerprint density at radius 3 is 2.52 bits per heavy atom. The lowest BCUT2D eigenvalue weighted by molar-refractivity contribution is -0.383. The van der Waals surface area contributed by atoms with Crippen molar-refractivity contribution in [2.45, 2.75) is 12.2 Å². The summed E-state index contributed by atoms with van der Waals surface area (Å²) >= 11 is 0. The average Bonchev–Trinajstić information content (AvgIpc) is 3.24. The number of para-hydroxylation sites is 1. The number of aromatic amines is 1. The number of alkyl halides is 3. The second-order valence-corrected chi connectivity index (χ2v) is 7.68. The number of nitro groups is 1. The molecule has 2 aromatic carbocycles. The SMILES string of the molecule is O=C(NCC(c1ccc(C(F)(F)F)cc1)N1CCOCC1)c1cc2cccc([N+](=O)[O-])c2[nH]1. The second kappa shape index (κ2) is 9.20. The first kappa shape index (κ1) is 22.7. The van der Waals surface area contributed by atoms with Crippen LogP contribution >= 0.6 is 0 Å². The van der Waals surface area contributed by atoms with Crippen LogP contribution < -0.4 is 5.32 Å². The summed E-state index contributed by atoms with van der Waals surface area (Å²) in [4.78, 5) is 28.3. The zero-order valence-corrected chi connectivity index (χ0v) is 17.4. The van der Waals surface area contributed by atoms with E-state index in [-0.39, 0.29) is 29.5 Å². The van der Waals surface area contributed by atoms with E-state index >= 15 is 0 Å². The first-order valence-electron chi connectivity index (χ1n) is 10.3. The van der Waals surface area contributed by atoms with Crippen LogP contribution in [-0.2, 0) is 10.9 Å². The molecule has 11 heteroatoms. The minimum atomic E-state index is -4.43. The first-order valence-corrected chi connectivity index (χ1v) is 10.3. The van der Waals surface area contributed by atoms with Gasteiger partial charge in [0, 0.05) is 31.1 Å². The number of rotatable bonds is 6. The highest BCUT2D eigenvalue weighted by Crippen LogP contribution is 2.31. The molecule has 33 heavy (non-hydrogen) atoms. The highest BCUT2D eigenvalue weighted by atomic mass is 19.4. The normalized spacial score (nSPS) is 16.0. The number of aromatic nitrogens is 1. The van der Waals surface area contributed by atoms with Crippen molar-refractivity contribution in [3.05, 3.63) is 75.5 Å². The molecule has 1 aliphatic rings. The van der Waals surface area contributed by atoms with Crippen molar-refractivity contribution in [2.75, 3.05) is 32.8 Å². The molecule has 0 saturated carbocycles. The Bertz CT molecular complexity index is 1150. The molecule has 0 bridgehead atoms. The van der Waals surface area contributed by atoms with E-state index < -0.39 is 22.6 Å². The number of nitro benzene ring substituents is 1. The Morgan fingerprint density at radius 1 is 1.18 bits per heavy atom. The van der Waals surface area contributed by atoms with E-state index in [9.17, 15) is 28.1 Å². The van der Waals surface area contributed by atoms with Gasteiger partial charge in [0.2, 0.25) is 0 Å². The predicted octanol–water partition coefficient (Wildman–Crippen LogP) is 3.90. The van der Waals surface area contributed by atoms with Crippen molar-refractivity contribution in [3.63, 3.8) is 0 Å². The summed E-state index contributed by atoms with van der Waals surface area (Å²) in [6, 6.07) is 10.6. The van der Waals surface area contributed by atoms with Gasteiger partial charge in [-0.1, -0.05) is 24.3 Å². The predicted molar refractivity (Wildman–Crippen MR) is 114 cm³/mol. The molecular weight excluding hydrogens is 441 g/mol. The molecule has 174 valence electrons. The van der Waals surface area contributed by atoms with Crippen molar-refractivity contribution in [1.82, 2.24) is 15.2 Å². The molecule has 0 aliphatic carbocycles. The fourth-order valence-electron chi connectivity index (χ4n) is 3.94. The number of nitrogens with one attached hydrogen (secondary N) is 2. The maximum atomic E-state index is 13.0. The number of benzene rings is 2.